The smallest absolute Gasteiger partial charge is 0.224 e. The maximum Gasteiger partial charge on any atom is 0.224 e. The minimum absolute atomic E-state index is 0.0396. The topological polar surface area (TPSA) is 121 Å². The van der Waals surface area contributed by atoms with Crippen LogP contribution in [0.15, 0.2) is 67.1 Å². The normalized spacial score (nSPS) is 11.3. The summed E-state index contributed by atoms with van der Waals surface area (Å²) in [4.78, 5) is 29.3. The summed E-state index contributed by atoms with van der Waals surface area (Å²) in [6, 6.07) is 14.1. The first-order valence-corrected chi connectivity index (χ1v) is 13.0. The highest BCUT2D eigenvalue weighted by atomic mass is 19.1. The average Bonchev–Trinajstić information content (AvgIpc) is 3.59. The zero-order valence-corrected chi connectivity index (χ0v) is 22.0. The van der Waals surface area contributed by atoms with Crippen LogP contribution in [0.3, 0.4) is 0 Å². The van der Waals surface area contributed by atoms with Crippen molar-refractivity contribution in [3.63, 3.8) is 0 Å². The van der Waals surface area contributed by atoms with Crippen LogP contribution in [0.4, 0.5) is 10.1 Å². The molecule has 3 N–H and O–H groups in total. The predicted molar refractivity (Wildman–Crippen MR) is 152 cm³/mol. The lowest BCUT2D eigenvalue weighted by atomic mass is 10.0. The molecule has 40 heavy (non-hydrogen) atoms. The van der Waals surface area contributed by atoms with E-state index in [1.165, 1.54) is 19.2 Å². The first-order valence-electron chi connectivity index (χ1n) is 13.0. The minimum Gasteiger partial charge on any atom is -0.497 e. The van der Waals surface area contributed by atoms with Crippen molar-refractivity contribution in [2.45, 2.75) is 26.2 Å². The molecule has 0 saturated heterocycles. The van der Waals surface area contributed by atoms with Gasteiger partial charge in [-0.15, -0.1) is 0 Å². The van der Waals surface area contributed by atoms with Crippen molar-refractivity contribution in [1.82, 2.24) is 30.1 Å². The lowest BCUT2D eigenvalue weighted by Crippen LogP contribution is -2.11. The SMILES string of the molecule is CCCCC(=O)Nc1cncc(-c2cc3c(-c4nc5c(-c6cc(F)cc(OC)c6)cccc5[nH]4)n[nH]c3cn2)c1. The summed E-state index contributed by atoms with van der Waals surface area (Å²) in [5, 5.41) is 11.3. The predicted octanol–water partition coefficient (Wildman–Crippen LogP) is 6.51. The number of methoxy groups -OCH3 is 1. The Hall–Kier alpha value is -5.12. The van der Waals surface area contributed by atoms with E-state index in [2.05, 4.69) is 30.5 Å². The van der Waals surface area contributed by atoms with Crippen LogP contribution in [0, 0.1) is 5.82 Å². The van der Waals surface area contributed by atoms with Crippen LogP contribution in [-0.4, -0.2) is 43.2 Å². The van der Waals surface area contributed by atoms with E-state index in [-0.39, 0.29) is 11.7 Å². The molecule has 2 aromatic carbocycles. The van der Waals surface area contributed by atoms with E-state index in [1.54, 1.807) is 24.7 Å². The molecule has 4 heterocycles. The standard InChI is InChI=1S/C30H26FN7O2/c1-3-4-8-27(39)34-20-10-18(14-32-15-20)25-13-23-26(16-33-25)37-38-29(23)30-35-24-7-5-6-22(28(24)36-30)17-9-19(31)12-21(11-17)40-2/h5-7,9-16H,3-4,8H2,1-2H3,(H,34,39)(H,35,36)(H,37,38). The van der Waals surface area contributed by atoms with Crippen LogP contribution >= 0.6 is 0 Å². The van der Waals surface area contributed by atoms with Gasteiger partial charge in [0.1, 0.15) is 17.3 Å². The van der Waals surface area contributed by atoms with Gasteiger partial charge in [-0.3, -0.25) is 19.9 Å². The van der Waals surface area contributed by atoms with Crippen LogP contribution in [0.2, 0.25) is 0 Å². The number of amides is 1. The van der Waals surface area contributed by atoms with Crippen LogP contribution in [0.5, 0.6) is 5.75 Å². The number of H-pyrrole nitrogens is 2. The van der Waals surface area contributed by atoms with E-state index in [0.717, 1.165) is 40.4 Å². The number of benzene rings is 2. The number of para-hydroxylation sites is 1. The molecule has 0 fully saturated rings. The molecule has 0 aliphatic carbocycles. The Balaban J connectivity index is 1.38. The lowest BCUT2D eigenvalue weighted by molar-refractivity contribution is -0.116. The third-order valence-corrected chi connectivity index (χ3v) is 6.68. The number of carbonyl (C=O) groups is 1. The molecular weight excluding hydrogens is 509 g/mol. The van der Waals surface area contributed by atoms with Gasteiger partial charge in [0.25, 0.3) is 0 Å². The van der Waals surface area contributed by atoms with Gasteiger partial charge in [0.15, 0.2) is 5.82 Å². The molecule has 0 atom stereocenters. The lowest BCUT2D eigenvalue weighted by Gasteiger charge is -2.07. The van der Waals surface area contributed by atoms with E-state index < -0.39 is 0 Å². The number of imidazole rings is 1. The summed E-state index contributed by atoms with van der Waals surface area (Å²) in [7, 11) is 1.51. The molecule has 0 unspecified atom stereocenters. The third-order valence-electron chi connectivity index (χ3n) is 6.68. The zero-order valence-electron chi connectivity index (χ0n) is 22.0. The highest BCUT2D eigenvalue weighted by Gasteiger charge is 2.17. The number of hydrogen-bond acceptors (Lipinski definition) is 6. The Morgan fingerprint density at radius 3 is 2.80 bits per heavy atom. The highest BCUT2D eigenvalue weighted by Crippen LogP contribution is 2.34. The first-order chi connectivity index (χ1) is 19.5. The van der Waals surface area contributed by atoms with Crippen molar-refractivity contribution in [2.24, 2.45) is 0 Å². The summed E-state index contributed by atoms with van der Waals surface area (Å²) in [6.07, 6.45) is 7.29. The van der Waals surface area contributed by atoms with Gasteiger partial charge in [-0.1, -0.05) is 25.5 Å². The number of pyridine rings is 2. The second-order valence-corrected chi connectivity index (χ2v) is 9.47. The van der Waals surface area contributed by atoms with E-state index in [1.807, 2.05) is 37.3 Å². The Kier molecular flexibility index (Phi) is 6.65. The second kappa shape index (κ2) is 10.6. The largest absolute Gasteiger partial charge is 0.497 e. The number of ether oxygens (including phenoxy) is 1. The Morgan fingerprint density at radius 1 is 1.05 bits per heavy atom. The molecule has 0 aliphatic rings. The summed E-state index contributed by atoms with van der Waals surface area (Å²) in [5.41, 5.74) is 6.32. The molecule has 10 heteroatoms. The monoisotopic (exact) mass is 535 g/mol. The molecule has 6 rings (SSSR count). The maximum absolute atomic E-state index is 14.3. The van der Waals surface area contributed by atoms with E-state index >= 15 is 0 Å². The molecule has 200 valence electrons. The summed E-state index contributed by atoms with van der Waals surface area (Å²) < 4.78 is 19.5. The summed E-state index contributed by atoms with van der Waals surface area (Å²) in [6.45, 7) is 2.05. The fraction of sp³-hybridized carbons (Fsp3) is 0.167. The molecule has 1 amide bonds. The van der Waals surface area contributed by atoms with Crippen molar-refractivity contribution in [1.29, 1.82) is 0 Å². The van der Waals surface area contributed by atoms with Crippen LogP contribution < -0.4 is 10.1 Å². The molecule has 0 saturated carbocycles. The molecular formula is C30H26FN7O2. The quantitative estimate of drug-likeness (QED) is 0.204. The number of aromatic nitrogens is 6. The molecule has 0 bridgehead atoms. The maximum atomic E-state index is 14.3. The van der Waals surface area contributed by atoms with E-state index in [9.17, 15) is 9.18 Å². The van der Waals surface area contributed by atoms with Gasteiger partial charge in [0.05, 0.1) is 47.4 Å². The second-order valence-electron chi connectivity index (χ2n) is 9.47. The van der Waals surface area contributed by atoms with Gasteiger partial charge < -0.3 is 15.0 Å². The molecule has 0 spiro atoms. The number of aromatic amines is 2. The summed E-state index contributed by atoms with van der Waals surface area (Å²) in [5.74, 6) is 0.561. The van der Waals surface area contributed by atoms with Gasteiger partial charge in [-0.05, 0) is 42.3 Å². The van der Waals surface area contributed by atoms with E-state index in [0.29, 0.717) is 46.2 Å². The molecule has 6 aromatic rings. The van der Waals surface area contributed by atoms with Gasteiger partial charge in [-0.2, -0.15) is 5.10 Å². The molecule has 0 aliphatic heterocycles. The van der Waals surface area contributed by atoms with Crippen LogP contribution in [-0.2, 0) is 4.79 Å². The Labute approximate surface area is 228 Å². The molecule has 0 radical (unpaired) electrons. The van der Waals surface area contributed by atoms with Gasteiger partial charge in [0.2, 0.25) is 5.91 Å². The number of hydrogen-bond donors (Lipinski definition) is 3. The minimum atomic E-state index is -0.389. The van der Waals surface area contributed by atoms with Crippen LogP contribution in [0.1, 0.15) is 26.2 Å². The van der Waals surface area contributed by atoms with Gasteiger partial charge >= 0.3 is 0 Å². The Bertz CT molecular complexity index is 1860. The molecule has 9 nitrogen and oxygen atoms in total. The van der Waals surface area contributed by atoms with Crippen LogP contribution in [0.25, 0.3) is 55.8 Å². The number of unbranched alkanes of at least 4 members (excludes halogenated alkanes) is 1. The van der Waals surface area contributed by atoms with Gasteiger partial charge in [-0.25, -0.2) is 9.37 Å². The van der Waals surface area contributed by atoms with Crippen molar-refractivity contribution in [3.05, 3.63) is 72.9 Å². The number of anilines is 1. The average molecular weight is 536 g/mol. The summed E-state index contributed by atoms with van der Waals surface area (Å²) >= 11 is 0. The van der Waals surface area contributed by atoms with Crippen molar-refractivity contribution in [3.8, 4) is 39.7 Å². The number of carbonyl (C=O) groups excluding carboxylic acids is 1. The Morgan fingerprint density at radius 2 is 1.95 bits per heavy atom. The number of nitrogens with one attached hydrogen (secondary N) is 3. The highest BCUT2D eigenvalue weighted by molar-refractivity contribution is 5.98. The fourth-order valence-corrected chi connectivity index (χ4v) is 4.68. The zero-order chi connectivity index (χ0) is 27.6. The number of rotatable bonds is 8. The number of halogens is 1. The molecule has 4 aromatic heterocycles. The number of fused-ring (bicyclic) bond motifs is 2. The number of nitrogens with zero attached hydrogens (tertiary/aromatic N) is 4. The fourth-order valence-electron chi connectivity index (χ4n) is 4.68. The van der Waals surface area contributed by atoms with Crippen molar-refractivity contribution in [2.75, 3.05) is 12.4 Å². The van der Waals surface area contributed by atoms with Gasteiger partial charge in [0, 0.05) is 35.2 Å². The first kappa shape index (κ1) is 25.2. The third kappa shape index (κ3) is 4.86. The van der Waals surface area contributed by atoms with Crippen molar-refractivity contribution < 1.29 is 13.9 Å². The van der Waals surface area contributed by atoms with E-state index in [4.69, 9.17) is 9.72 Å². The van der Waals surface area contributed by atoms with Crippen molar-refractivity contribution >= 4 is 33.5 Å².